The van der Waals surface area contributed by atoms with Crippen LogP contribution in [0.4, 0.5) is 11.5 Å². The van der Waals surface area contributed by atoms with E-state index in [0.717, 1.165) is 16.9 Å². The Morgan fingerprint density at radius 2 is 1.75 bits per heavy atom. The average molecular weight is 377 g/mol. The molecule has 1 aromatic heterocycles. The van der Waals surface area contributed by atoms with Gasteiger partial charge < -0.3 is 9.80 Å². The summed E-state index contributed by atoms with van der Waals surface area (Å²) >= 11 is 0. The molecule has 1 aliphatic heterocycles. The summed E-state index contributed by atoms with van der Waals surface area (Å²) < 4.78 is 0. The van der Waals surface area contributed by atoms with E-state index in [9.17, 15) is 14.9 Å². The van der Waals surface area contributed by atoms with E-state index < -0.39 is 4.92 Å². The SMILES string of the molecule is Cc1c(C(=O)N2CCN(c3cnc4ccccc4n3)CC2)cccc1[N+](=O)[O-]. The van der Waals surface area contributed by atoms with Gasteiger partial charge in [0, 0.05) is 43.4 Å². The van der Waals surface area contributed by atoms with Gasteiger partial charge in [0.1, 0.15) is 5.82 Å². The topological polar surface area (TPSA) is 92.5 Å². The maximum atomic E-state index is 12.9. The van der Waals surface area contributed by atoms with E-state index in [-0.39, 0.29) is 11.6 Å². The molecular formula is C20H19N5O3. The largest absolute Gasteiger partial charge is 0.352 e. The van der Waals surface area contributed by atoms with Crippen LogP contribution >= 0.6 is 0 Å². The molecule has 0 radical (unpaired) electrons. The van der Waals surface area contributed by atoms with Crippen molar-refractivity contribution in [1.29, 1.82) is 0 Å². The number of aromatic nitrogens is 2. The van der Waals surface area contributed by atoms with Crippen LogP contribution in [-0.2, 0) is 0 Å². The molecule has 1 aliphatic rings. The lowest BCUT2D eigenvalue weighted by molar-refractivity contribution is -0.385. The van der Waals surface area contributed by atoms with Gasteiger partial charge in [-0.05, 0) is 25.1 Å². The van der Waals surface area contributed by atoms with Crippen LogP contribution in [0.15, 0.2) is 48.7 Å². The third-order valence-corrected chi connectivity index (χ3v) is 5.06. The lowest BCUT2D eigenvalue weighted by Crippen LogP contribution is -2.49. The first-order chi connectivity index (χ1) is 13.5. The zero-order chi connectivity index (χ0) is 19.7. The number of nitro groups is 1. The fourth-order valence-corrected chi connectivity index (χ4v) is 3.46. The first kappa shape index (κ1) is 17.8. The number of piperazine rings is 1. The van der Waals surface area contributed by atoms with Gasteiger partial charge in [-0.15, -0.1) is 0 Å². The van der Waals surface area contributed by atoms with E-state index in [1.165, 1.54) is 6.07 Å². The molecule has 0 atom stereocenters. The van der Waals surface area contributed by atoms with E-state index in [4.69, 9.17) is 0 Å². The van der Waals surface area contributed by atoms with Crippen molar-refractivity contribution in [1.82, 2.24) is 14.9 Å². The van der Waals surface area contributed by atoms with Crippen LogP contribution in [-0.4, -0.2) is 51.9 Å². The molecule has 0 aliphatic carbocycles. The molecule has 142 valence electrons. The van der Waals surface area contributed by atoms with Gasteiger partial charge >= 0.3 is 0 Å². The molecule has 1 fully saturated rings. The number of anilines is 1. The van der Waals surface area contributed by atoms with Gasteiger partial charge in [-0.2, -0.15) is 0 Å². The number of para-hydroxylation sites is 2. The molecule has 0 spiro atoms. The summed E-state index contributed by atoms with van der Waals surface area (Å²) in [5.41, 5.74) is 2.44. The number of hydrogen-bond acceptors (Lipinski definition) is 6. The molecule has 1 amide bonds. The second-order valence-electron chi connectivity index (χ2n) is 6.70. The van der Waals surface area contributed by atoms with Crippen molar-refractivity contribution in [3.63, 3.8) is 0 Å². The molecule has 0 saturated carbocycles. The number of benzene rings is 2. The normalized spacial score (nSPS) is 14.3. The molecule has 1 saturated heterocycles. The number of carbonyl (C=O) groups is 1. The van der Waals surface area contributed by atoms with E-state index in [2.05, 4.69) is 14.9 Å². The maximum absolute atomic E-state index is 12.9. The number of fused-ring (bicyclic) bond motifs is 1. The Morgan fingerprint density at radius 3 is 2.46 bits per heavy atom. The van der Waals surface area contributed by atoms with Gasteiger partial charge in [-0.25, -0.2) is 4.98 Å². The highest BCUT2D eigenvalue weighted by atomic mass is 16.6. The molecule has 0 bridgehead atoms. The lowest BCUT2D eigenvalue weighted by Gasteiger charge is -2.35. The fraction of sp³-hybridized carbons (Fsp3) is 0.250. The van der Waals surface area contributed by atoms with E-state index >= 15 is 0 Å². The van der Waals surface area contributed by atoms with E-state index in [0.29, 0.717) is 37.3 Å². The Hall–Kier alpha value is -3.55. The van der Waals surface area contributed by atoms with E-state index in [1.807, 2.05) is 24.3 Å². The standard InChI is InChI=1S/C20H19N5O3/c1-14-15(5-4-8-18(14)25(27)28)20(26)24-11-9-23(10-12-24)19-13-21-16-6-2-3-7-17(16)22-19/h2-8,13H,9-12H2,1H3. The highest BCUT2D eigenvalue weighted by Crippen LogP contribution is 2.23. The van der Waals surface area contributed by atoms with Crippen LogP contribution in [0.5, 0.6) is 0 Å². The molecule has 28 heavy (non-hydrogen) atoms. The minimum absolute atomic E-state index is 0.0316. The second-order valence-corrected chi connectivity index (χ2v) is 6.70. The summed E-state index contributed by atoms with van der Waals surface area (Å²) in [4.78, 5) is 36.5. The van der Waals surface area contributed by atoms with Crippen molar-refractivity contribution in [3.05, 3.63) is 69.9 Å². The predicted molar refractivity (Wildman–Crippen MR) is 105 cm³/mol. The highest BCUT2D eigenvalue weighted by molar-refractivity contribution is 5.96. The minimum Gasteiger partial charge on any atom is -0.352 e. The molecule has 4 rings (SSSR count). The zero-order valence-electron chi connectivity index (χ0n) is 15.4. The van der Waals surface area contributed by atoms with Gasteiger partial charge in [0.05, 0.1) is 22.2 Å². The maximum Gasteiger partial charge on any atom is 0.273 e. The zero-order valence-corrected chi connectivity index (χ0v) is 15.4. The van der Waals surface area contributed by atoms with Crippen molar-refractivity contribution >= 4 is 28.4 Å². The van der Waals surface area contributed by atoms with Crippen LogP contribution in [0.1, 0.15) is 15.9 Å². The Kier molecular flexibility index (Phi) is 4.60. The summed E-state index contributed by atoms with van der Waals surface area (Å²) in [5.74, 6) is 0.614. The van der Waals surface area contributed by atoms with Crippen LogP contribution in [0, 0.1) is 17.0 Å². The minimum atomic E-state index is -0.456. The van der Waals surface area contributed by atoms with Crippen molar-refractivity contribution in [2.75, 3.05) is 31.1 Å². The third kappa shape index (κ3) is 3.24. The summed E-state index contributed by atoms with van der Waals surface area (Å²) in [6.45, 7) is 3.93. The average Bonchev–Trinajstić information content (AvgIpc) is 2.73. The molecule has 8 nitrogen and oxygen atoms in total. The van der Waals surface area contributed by atoms with Crippen LogP contribution in [0.3, 0.4) is 0 Å². The Balaban J connectivity index is 1.48. The van der Waals surface area contributed by atoms with Crippen LogP contribution < -0.4 is 4.90 Å². The van der Waals surface area contributed by atoms with Crippen LogP contribution in [0.2, 0.25) is 0 Å². The molecule has 0 unspecified atom stereocenters. The molecular weight excluding hydrogens is 358 g/mol. The highest BCUT2D eigenvalue weighted by Gasteiger charge is 2.26. The number of nitrogens with zero attached hydrogens (tertiary/aromatic N) is 5. The Morgan fingerprint density at radius 1 is 1.04 bits per heavy atom. The van der Waals surface area contributed by atoms with Crippen molar-refractivity contribution in [2.45, 2.75) is 6.92 Å². The van der Waals surface area contributed by atoms with Crippen molar-refractivity contribution < 1.29 is 9.72 Å². The number of amides is 1. The first-order valence-corrected chi connectivity index (χ1v) is 9.04. The van der Waals surface area contributed by atoms with Crippen molar-refractivity contribution in [2.24, 2.45) is 0 Å². The van der Waals surface area contributed by atoms with E-state index in [1.54, 1.807) is 30.2 Å². The summed E-state index contributed by atoms with van der Waals surface area (Å²) in [5, 5.41) is 11.1. The summed E-state index contributed by atoms with van der Waals surface area (Å²) in [6.07, 6.45) is 1.75. The molecule has 0 N–H and O–H groups in total. The molecule has 2 heterocycles. The van der Waals surface area contributed by atoms with Gasteiger partial charge in [0.2, 0.25) is 0 Å². The number of nitro benzene ring substituents is 1. The Labute approximate surface area is 161 Å². The molecule has 2 aromatic carbocycles. The second kappa shape index (κ2) is 7.22. The van der Waals surface area contributed by atoms with Gasteiger partial charge in [-0.3, -0.25) is 19.9 Å². The van der Waals surface area contributed by atoms with Gasteiger partial charge in [0.25, 0.3) is 11.6 Å². The van der Waals surface area contributed by atoms with Crippen molar-refractivity contribution in [3.8, 4) is 0 Å². The smallest absolute Gasteiger partial charge is 0.273 e. The molecule has 3 aromatic rings. The van der Waals surface area contributed by atoms with Gasteiger partial charge in [0.15, 0.2) is 0 Å². The molecule has 8 heteroatoms. The predicted octanol–water partition coefficient (Wildman–Crippen LogP) is 2.81. The first-order valence-electron chi connectivity index (χ1n) is 9.04. The quantitative estimate of drug-likeness (QED) is 0.515. The summed E-state index contributed by atoms with van der Waals surface area (Å²) in [6, 6.07) is 12.3. The fourth-order valence-electron chi connectivity index (χ4n) is 3.46. The number of rotatable bonds is 3. The monoisotopic (exact) mass is 377 g/mol. The Bertz CT molecular complexity index is 1060. The van der Waals surface area contributed by atoms with Gasteiger partial charge in [-0.1, -0.05) is 18.2 Å². The number of carbonyl (C=O) groups excluding carboxylic acids is 1. The number of hydrogen-bond donors (Lipinski definition) is 0. The lowest BCUT2D eigenvalue weighted by atomic mass is 10.1. The van der Waals surface area contributed by atoms with Crippen LogP contribution in [0.25, 0.3) is 11.0 Å². The summed E-state index contributed by atoms with van der Waals surface area (Å²) in [7, 11) is 0. The third-order valence-electron chi connectivity index (χ3n) is 5.06.